The van der Waals surface area contributed by atoms with Gasteiger partial charge in [0.15, 0.2) is 9.84 Å². The maximum Gasteiger partial charge on any atom is 0.308 e. The minimum absolute atomic E-state index is 0.0377. The van der Waals surface area contributed by atoms with E-state index in [-0.39, 0.29) is 17.9 Å². The summed E-state index contributed by atoms with van der Waals surface area (Å²) in [7, 11) is 1.34. The number of halogens is 2. The van der Waals surface area contributed by atoms with Crippen LogP contribution in [0.1, 0.15) is 43.0 Å². The molecule has 0 spiro atoms. The average molecular weight is 586 g/mol. The lowest BCUT2D eigenvalue weighted by Gasteiger charge is -2.48. The fourth-order valence-electron chi connectivity index (χ4n) is 4.57. The average Bonchev–Trinajstić information content (AvgIpc) is 2.87. The Labute approximate surface area is 234 Å². The van der Waals surface area contributed by atoms with Crippen molar-refractivity contribution in [3.05, 3.63) is 69.7 Å². The van der Waals surface area contributed by atoms with E-state index < -0.39 is 46.0 Å². The molecule has 2 aromatic rings. The van der Waals surface area contributed by atoms with Gasteiger partial charge in [-0.15, -0.1) is 0 Å². The van der Waals surface area contributed by atoms with E-state index in [1.807, 2.05) is 27.1 Å². The first-order valence-corrected chi connectivity index (χ1v) is 14.9. The van der Waals surface area contributed by atoms with Gasteiger partial charge in [0.25, 0.3) is 5.91 Å². The van der Waals surface area contributed by atoms with Gasteiger partial charge in [-0.25, -0.2) is 8.42 Å². The molecule has 0 aliphatic carbocycles. The van der Waals surface area contributed by atoms with Gasteiger partial charge in [0.1, 0.15) is 12.2 Å². The lowest BCUT2D eigenvalue weighted by Crippen LogP contribution is -2.56. The number of ether oxygens (including phenoxy) is 2. The predicted molar refractivity (Wildman–Crippen MR) is 148 cm³/mol. The minimum atomic E-state index is -3.52. The van der Waals surface area contributed by atoms with Gasteiger partial charge < -0.3 is 19.3 Å². The number of morpholine rings is 1. The van der Waals surface area contributed by atoms with Gasteiger partial charge >= 0.3 is 5.97 Å². The number of nitrogens with zero attached hydrogens (tertiary/aromatic N) is 2. The topological polar surface area (TPSA) is 93.2 Å². The second kappa shape index (κ2) is 13.3. The molecule has 0 saturated carbocycles. The van der Waals surface area contributed by atoms with Crippen LogP contribution in [0.2, 0.25) is 10.0 Å². The molecule has 0 bridgehead atoms. The Hall–Kier alpha value is -2.17. The van der Waals surface area contributed by atoms with Crippen LogP contribution in [0.4, 0.5) is 0 Å². The van der Waals surface area contributed by atoms with Crippen LogP contribution in [0, 0.1) is 0 Å². The molecule has 208 valence electrons. The lowest BCUT2D eigenvalue weighted by atomic mass is 9.89. The molecule has 4 atom stereocenters. The summed E-state index contributed by atoms with van der Waals surface area (Å²) in [5.74, 6) is -1.34. The first-order valence-electron chi connectivity index (χ1n) is 12.4. The first kappa shape index (κ1) is 30.4. The highest BCUT2D eigenvalue weighted by Gasteiger charge is 2.47. The first-order chi connectivity index (χ1) is 18.0. The summed E-state index contributed by atoms with van der Waals surface area (Å²) in [6.45, 7) is 2.21. The molecule has 1 amide bonds. The summed E-state index contributed by atoms with van der Waals surface area (Å²) in [5.41, 5.74) is 1.41. The van der Waals surface area contributed by atoms with E-state index >= 15 is 0 Å². The van der Waals surface area contributed by atoms with Gasteiger partial charge in [0, 0.05) is 22.6 Å². The Bertz CT molecular complexity index is 1220. The Morgan fingerprint density at radius 3 is 2.37 bits per heavy atom. The third-order valence-electron chi connectivity index (χ3n) is 6.56. The second-order valence-electron chi connectivity index (χ2n) is 9.60. The quantitative estimate of drug-likeness (QED) is 0.363. The summed E-state index contributed by atoms with van der Waals surface area (Å²) in [6.07, 6.45) is -1.82. The van der Waals surface area contributed by atoms with Gasteiger partial charge in [-0.1, -0.05) is 54.4 Å². The highest BCUT2D eigenvalue weighted by molar-refractivity contribution is 7.91. The zero-order valence-electron chi connectivity index (χ0n) is 22.0. The van der Waals surface area contributed by atoms with Crippen molar-refractivity contribution in [1.29, 1.82) is 0 Å². The standard InChI is InChI=1S/C27H34Cl2N2O6S/c1-5-22(17-38(34,35)14-13-30(2)3)31-25(18-9-11-20(28)12-10-18)26(19-7-6-8-21(29)15-19)37-23(27(31)33)16-24(32)36-4/h6-12,15,22-23,25-26H,5,13-14,16-17H2,1-4H3/t22?,23-,25+,26+/m0/s1. The molecule has 3 rings (SSSR count). The second-order valence-corrected chi connectivity index (χ2v) is 12.7. The van der Waals surface area contributed by atoms with E-state index in [0.29, 0.717) is 34.1 Å². The van der Waals surface area contributed by atoms with Gasteiger partial charge in [-0.2, -0.15) is 0 Å². The Kier molecular flexibility index (Phi) is 10.6. The molecule has 0 radical (unpaired) electrons. The number of carbonyl (C=O) groups is 2. The molecule has 38 heavy (non-hydrogen) atoms. The SMILES string of the molecule is CCC(CS(=O)(=O)CCN(C)C)N1C(=O)[C@H](CC(=O)OC)O[C@H](c2cccc(Cl)c2)[C@H]1c1ccc(Cl)cc1. The summed E-state index contributed by atoms with van der Waals surface area (Å²) in [5, 5.41) is 0.997. The number of methoxy groups -OCH3 is 1. The van der Waals surface area contributed by atoms with Crippen LogP contribution in [0.25, 0.3) is 0 Å². The van der Waals surface area contributed by atoms with Crippen LogP contribution < -0.4 is 0 Å². The van der Waals surface area contributed by atoms with E-state index in [0.717, 1.165) is 0 Å². The Balaban J connectivity index is 2.14. The van der Waals surface area contributed by atoms with Crippen molar-refractivity contribution in [2.24, 2.45) is 0 Å². The van der Waals surface area contributed by atoms with Crippen molar-refractivity contribution >= 4 is 44.9 Å². The summed E-state index contributed by atoms with van der Waals surface area (Å²) < 4.78 is 37.4. The van der Waals surface area contributed by atoms with Crippen LogP contribution >= 0.6 is 23.2 Å². The number of hydrogen-bond acceptors (Lipinski definition) is 7. The van der Waals surface area contributed by atoms with Crippen molar-refractivity contribution in [2.45, 2.75) is 44.1 Å². The normalized spacial score (nSPS) is 21.0. The number of hydrogen-bond donors (Lipinski definition) is 0. The van der Waals surface area contributed by atoms with E-state index in [9.17, 15) is 18.0 Å². The zero-order chi connectivity index (χ0) is 28.0. The Morgan fingerprint density at radius 1 is 1.11 bits per heavy atom. The predicted octanol–water partition coefficient (Wildman–Crippen LogP) is 4.32. The molecular formula is C27H34Cl2N2O6S. The highest BCUT2D eigenvalue weighted by atomic mass is 35.5. The fraction of sp³-hybridized carbons (Fsp3) is 0.481. The van der Waals surface area contributed by atoms with Gasteiger partial charge in [-0.3, -0.25) is 9.59 Å². The van der Waals surface area contributed by atoms with E-state index in [1.54, 1.807) is 52.3 Å². The number of esters is 1. The smallest absolute Gasteiger partial charge is 0.308 e. The van der Waals surface area contributed by atoms with Crippen LogP contribution in [-0.4, -0.2) is 81.5 Å². The van der Waals surface area contributed by atoms with Crippen LogP contribution in [-0.2, 0) is 28.9 Å². The largest absolute Gasteiger partial charge is 0.469 e. The molecule has 8 nitrogen and oxygen atoms in total. The number of benzene rings is 2. The molecule has 1 aliphatic rings. The third kappa shape index (κ3) is 7.70. The molecule has 1 unspecified atom stereocenters. The van der Waals surface area contributed by atoms with E-state index in [1.165, 1.54) is 7.11 Å². The Morgan fingerprint density at radius 2 is 1.79 bits per heavy atom. The third-order valence-corrected chi connectivity index (χ3v) is 8.74. The van der Waals surface area contributed by atoms with Crippen LogP contribution in [0.15, 0.2) is 48.5 Å². The number of amides is 1. The molecule has 1 saturated heterocycles. The maximum absolute atomic E-state index is 14.0. The molecular weight excluding hydrogens is 551 g/mol. The van der Waals surface area contributed by atoms with E-state index in [4.69, 9.17) is 32.7 Å². The maximum atomic E-state index is 14.0. The molecule has 1 aliphatic heterocycles. The number of sulfone groups is 1. The van der Waals surface area contributed by atoms with Gasteiger partial charge in [-0.05, 0) is 55.9 Å². The van der Waals surface area contributed by atoms with Crippen molar-refractivity contribution in [3.63, 3.8) is 0 Å². The summed E-state index contributed by atoms with van der Waals surface area (Å²) in [4.78, 5) is 29.6. The van der Waals surface area contributed by atoms with E-state index in [2.05, 4.69) is 0 Å². The number of rotatable bonds is 11. The molecule has 11 heteroatoms. The van der Waals surface area contributed by atoms with Crippen molar-refractivity contribution < 1.29 is 27.5 Å². The van der Waals surface area contributed by atoms with Crippen LogP contribution in [0.3, 0.4) is 0 Å². The molecule has 1 fully saturated rings. The zero-order valence-corrected chi connectivity index (χ0v) is 24.3. The van der Waals surface area contributed by atoms with Gasteiger partial charge in [0.05, 0.1) is 31.1 Å². The molecule has 0 N–H and O–H groups in total. The molecule has 2 aromatic carbocycles. The summed E-state index contributed by atoms with van der Waals surface area (Å²) in [6, 6.07) is 12.7. The van der Waals surface area contributed by atoms with Crippen molar-refractivity contribution in [2.75, 3.05) is 39.3 Å². The molecule has 1 heterocycles. The highest BCUT2D eigenvalue weighted by Crippen LogP contribution is 2.44. The lowest BCUT2D eigenvalue weighted by molar-refractivity contribution is -0.183. The monoisotopic (exact) mass is 584 g/mol. The van der Waals surface area contributed by atoms with Crippen molar-refractivity contribution in [1.82, 2.24) is 9.80 Å². The minimum Gasteiger partial charge on any atom is -0.469 e. The van der Waals surface area contributed by atoms with Crippen molar-refractivity contribution in [3.8, 4) is 0 Å². The fourth-order valence-corrected chi connectivity index (χ4v) is 6.69. The molecule has 0 aromatic heterocycles. The number of carbonyl (C=O) groups excluding carboxylic acids is 2. The summed E-state index contributed by atoms with van der Waals surface area (Å²) >= 11 is 12.5. The van der Waals surface area contributed by atoms with Crippen LogP contribution in [0.5, 0.6) is 0 Å². The van der Waals surface area contributed by atoms with Gasteiger partial charge in [0.2, 0.25) is 0 Å².